The van der Waals surface area contributed by atoms with E-state index in [2.05, 4.69) is 15.0 Å². The molecular formula is C15H11N3O2S. The molecule has 104 valence electrons. The first-order valence-corrected chi connectivity index (χ1v) is 7.23. The number of thiazole rings is 1. The highest BCUT2D eigenvalue weighted by Crippen LogP contribution is 2.31. The molecule has 4 rings (SSSR count). The van der Waals surface area contributed by atoms with Gasteiger partial charge in [-0.3, -0.25) is 0 Å². The zero-order valence-corrected chi connectivity index (χ0v) is 11.9. The third-order valence-corrected chi connectivity index (χ3v) is 4.15. The van der Waals surface area contributed by atoms with E-state index in [0.29, 0.717) is 11.6 Å². The van der Waals surface area contributed by atoms with Crippen molar-refractivity contribution in [2.45, 2.75) is 0 Å². The smallest absolute Gasteiger partial charge is 0.138 e. The number of rotatable bonds is 2. The topological polar surface area (TPSA) is 71.0 Å². The average Bonchev–Trinajstić information content (AvgIpc) is 3.11. The highest BCUT2D eigenvalue weighted by atomic mass is 32.1. The minimum atomic E-state index is 0.142. The Labute approximate surface area is 123 Å². The minimum absolute atomic E-state index is 0.142. The Kier molecular flexibility index (Phi) is 2.58. The molecule has 0 atom stereocenters. The van der Waals surface area contributed by atoms with Crippen molar-refractivity contribution in [3.8, 4) is 22.9 Å². The second kappa shape index (κ2) is 4.46. The zero-order chi connectivity index (χ0) is 14.4. The van der Waals surface area contributed by atoms with Crippen molar-refractivity contribution in [2.75, 3.05) is 7.11 Å². The number of phenols is 1. The molecule has 0 unspecified atom stereocenters. The van der Waals surface area contributed by atoms with E-state index in [1.165, 1.54) is 0 Å². The molecule has 0 bridgehead atoms. The number of imidazole rings is 1. The fourth-order valence-corrected chi connectivity index (χ4v) is 3.05. The van der Waals surface area contributed by atoms with Crippen LogP contribution in [0.25, 0.3) is 32.6 Å². The van der Waals surface area contributed by atoms with Crippen LogP contribution >= 0.6 is 11.3 Å². The molecule has 0 fully saturated rings. The molecule has 5 nitrogen and oxygen atoms in total. The van der Waals surface area contributed by atoms with E-state index in [1.807, 2.05) is 23.7 Å². The maximum absolute atomic E-state index is 9.77. The van der Waals surface area contributed by atoms with Gasteiger partial charge >= 0.3 is 0 Å². The van der Waals surface area contributed by atoms with Gasteiger partial charge < -0.3 is 14.8 Å². The summed E-state index contributed by atoms with van der Waals surface area (Å²) in [5.74, 6) is 1.41. The first kappa shape index (κ1) is 12.2. The fourth-order valence-electron chi connectivity index (χ4n) is 2.37. The van der Waals surface area contributed by atoms with Gasteiger partial charge in [-0.25, -0.2) is 9.97 Å². The normalized spacial score (nSPS) is 11.3. The predicted molar refractivity (Wildman–Crippen MR) is 82.9 cm³/mol. The Morgan fingerprint density at radius 1 is 1.19 bits per heavy atom. The molecule has 4 aromatic rings. The van der Waals surface area contributed by atoms with Crippen LogP contribution in [0.1, 0.15) is 0 Å². The number of aromatic hydroxyl groups is 1. The summed E-state index contributed by atoms with van der Waals surface area (Å²) in [5.41, 5.74) is 5.24. The van der Waals surface area contributed by atoms with Gasteiger partial charge in [0.1, 0.15) is 28.4 Å². The van der Waals surface area contributed by atoms with Crippen LogP contribution in [0.5, 0.6) is 11.5 Å². The van der Waals surface area contributed by atoms with Crippen LogP contribution in [0.4, 0.5) is 0 Å². The summed E-state index contributed by atoms with van der Waals surface area (Å²) in [5, 5.41) is 9.77. The number of fused-ring (bicyclic) bond motifs is 3. The Hall–Kier alpha value is -2.60. The van der Waals surface area contributed by atoms with Gasteiger partial charge in [-0.05, 0) is 24.3 Å². The average molecular weight is 297 g/mol. The van der Waals surface area contributed by atoms with E-state index in [4.69, 9.17) is 4.74 Å². The summed E-state index contributed by atoms with van der Waals surface area (Å²) < 4.78 is 6.28. The second-order valence-corrected chi connectivity index (χ2v) is 5.55. The summed E-state index contributed by atoms with van der Waals surface area (Å²) in [6, 6.07) is 9.06. The van der Waals surface area contributed by atoms with Crippen molar-refractivity contribution in [3.63, 3.8) is 0 Å². The summed E-state index contributed by atoms with van der Waals surface area (Å²) in [6.07, 6.45) is 0. The number of ether oxygens (including phenoxy) is 1. The Bertz CT molecular complexity index is 958. The lowest BCUT2D eigenvalue weighted by Crippen LogP contribution is -1.85. The van der Waals surface area contributed by atoms with Crippen LogP contribution < -0.4 is 4.74 Å². The molecule has 2 aromatic heterocycles. The van der Waals surface area contributed by atoms with E-state index in [1.54, 1.807) is 30.6 Å². The van der Waals surface area contributed by atoms with E-state index in [0.717, 1.165) is 26.8 Å². The number of aromatic nitrogens is 3. The molecular weight excluding hydrogens is 286 g/mol. The van der Waals surface area contributed by atoms with Gasteiger partial charge in [0.05, 0.1) is 22.8 Å². The molecule has 0 radical (unpaired) electrons. The largest absolute Gasteiger partial charge is 0.508 e. The maximum Gasteiger partial charge on any atom is 0.138 e. The monoisotopic (exact) mass is 297 g/mol. The van der Waals surface area contributed by atoms with Crippen LogP contribution in [0, 0.1) is 0 Å². The quantitative estimate of drug-likeness (QED) is 0.593. The minimum Gasteiger partial charge on any atom is -0.508 e. The second-order valence-electron chi connectivity index (χ2n) is 4.67. The van der Waals surface area contributed by atoms with Crippen LogP contribution in [-0.2, 0) is 0 Å². The van der Waals surface area contributed by atoms with Crippen molar-refractivity contribution in [1.82, 2.24) is 15.0 Å². The molecule has 2 heterocycles. The summed E-state index contributed by atoms with van der Waals surface area (Å²) in [7, 11) is 1.57. The van der Waals surface area contributed by atoms with Crippen LogP contribution in [0.3, 0.4) is 0 Å². The van der Waals surface area contributed by atoms with E-state index in [9.17, 15) is 5.11 Å². The highest BCUT2D eigenvalue weighted by molar-refractivity contribution is 7.16. The molecule has 2 N–H and O–H groups in total. The number of H-pyrrole nitrogens is 1. The Morgan fingerprint density at radius 3 is 2.95 bits per heavy atom. The SMILES string of the molecule is COc1cc(O)cc(-c2nc3c(ccc4scnc43)[nH]2)c1. The van der Waals surface area contributed by atoms with Crippen molar-refractivity contribution < 1.29 is 9.84 Å². The van der Waals surface area contributed by atoms with Gasteiger partial charge in [-0.2, -0.15) is 0 Å². The van der Waals surface area contributed by atoms with Gasteiger partial charge in [0.15, 0.2) is 0 Å². The lowest BCUT2D eigenvalue weighted by atomic mass is 10.2. The third-order valence-electron chi connectivity index (χ3n) is 3.35. The number of hydrogen-bond donors (Lipinski definition) is 2. The molecule has 0 saturated carbocycles. The van der Waals surface area contributed by atoms with Gasteiger partial charge in [-0.1, -0.05) is 0 Å². The number of phenolic OH excluding ortho intramolecular Hbond substituents is 1. The van der Waals surface area contributed by atoms with Gasteiger partial charge in [0, 0.05) is 11.6 Å². The molecule has 21 heavy (non-hydrogen) atoms. The molecule has 0 aliphatic carbocycles. The number of methoxy groups -OCH3 is 1. The summed E-state index contributed by atoms with van der Waals surface area (Å²) in [4.78, 5) is 12.2. The molecule has 0 saturated heterocycles. The van der Waals surface area contributed by atoms with E-state index >= 15 is 0 Å². The third kappa shape index (κ3) is 1.92. The predicted octanol–water partition coefficient (Wildman–Crippen LogP) is 3.55. The van der Waals surface area contributed by atoms with E-state index in [-0.39, 0.29) is 5.75 Å². The molecule has 2 aromatic carbocycles. The van der Waals surface area contributed by atoms with Gasteiger partial charge in [0.2, 0.25) is 0 Å². The Balaban J connectivity index is 1.96. The number of nitrogens with one attached hydrogen (secondary N) is 1. The summed E-state index contributed by atoms with van der Waals surface area (Å²) in [6.45, 7) is 0. The highest BCUT2D eigenvalue weighted by Gasteiger charge is 2.11. The first-order chi connectivity index (χ1) is 10.2. The van der Waals surface area contributed by atoms with Crippen LogP contribution in [-0.4, -0.2) is 27.2 Å². The van der Waals surface area contributed by atoms with Crippen molar-refractivity contribution in [3.05, 3.63) is 35.8 Å². The molecule has 0 aliphatic heterocycles. The maximum atomic E-state index is 9.77. The fraction of sp³-hybridized carbons (Fsp3) is 0.0667. The van der Waals surface area contributed by atoms with E-state index < -0.39 is 0 Å². The van der Waals surface area contributed by atoms with Crippen molar-refractivity contribution >= 4 is 32.6 Å². The molecule has 0 spiro atoms. The van der Waals surface area contributed by atoms with Gasteiger partial charge in [0.25, 0.3) is 0 Å². The molecule has 6 heteroatoms. The number of hydrogen-bond acceptors (Lipinski definition) is 5. The number of aromatic amines is 1. The van der Waals surface area contributed by atoms with Crippen LogP contribution in [0.15, 0.2) is 35.8 Å². The first-order valence-electron chi connectivity index (χ1n) is 6.35. The lowest BCUT2D eigenvalue weighted by Gasteiger charge is -2.03. The standard InChI is InChI=1S/C15H11N3O2S/c1-20-10-5-8(4-9(19)6-10)15-17-11-2-3-12-14(13(11)18-15)16-7-21-12/h2-7,19H,1H3,(H,17,18). The van der Waals surface area contributed by atoms with Crippen molar-refractivity contribution in [2.24, 2.45) is 0 Å². The molecule has 0 amide bonds. The summed E-state index contributed by atoms with van der Waals surface area (Å²) >= 11 is 1.59. The van der Waals surface area contributed by atoms with Crippen LogP contribution in [0.2, 0.25) is 0 Å². The lowest BCUT2D eigenvalue weighted by molar-refractivity contribution is 0.408. The van der Waals surface area contributed by atoms with Gasteiger partial charge in [-0.15, -0.1) is 11.3 Å². The van der Waals surface area contributed by atoms with Crippen molar-refractivity contribution in [1.29, 1.82) is 0 Å². The number of nitrogens with zero attached hydrogens (tertiary/aromatic N) is 2. The Morgan fingerprint density at radius 2 is 2.10 bits per heavy atom. The zero-order valence-electron chi connectivity index (χ0n) is 11.1. The molecule has 0 aliphatic rings. The number of benzene rings is 2.